The molecule has 0 aromatic heterocycles. The summed E-state index contributed by atoms with van der Waals surface area (Å²) in [5.41, 5.74) is 2.41. The van der Waals surface area contributed by atoms with Crippen molar-refractivity contribution in [3.8, 4) is 17.2 Å². The highest BCUT2D eigenvalue weighted by molar-refractivity contribution is 6.32. The Morgan fingerprint density at radius 1 is 0.950 bits per heavy atom. The molecule has 3 aromatic rings. The van der Waals surface area contributed by atoms with E-state index in [2.05, 4.69) is 0 Å². The first-order chi connectivity index (χ1) is 19.4. The standard InChI is InChI=1S/C30H30ClNO8/c31-24-7-1-2-9-26(24)38-19-5-18-37-23-15-12-21(13-16-23)11-14-22-6-3-8-25-29(22)39-28(40-30(35)36)20-32(25)17-4-10-27(33)34/h1-3,6-9,11-16,28H,4-5,10,17-20H2,(H,33,34)(H,35,36)/b14-11+. The highest BCUT2D eigenvalue weighted by atomic mass is 35.5. The second kappa shape index (κ2) is 14.1. The van der Waals surface area contributed by atoms with Crippen LogP contribution in [-0.2, 0) is 9.53 Å². The fraction of sp³-hybridized carbons (Fsp3) is 0.267. The van der Waals surface area contributed by atoms with Gasteiger partial charge in [-0.2, -0.15) is 0 Å². The molecule has 1 aliphatic rings. The predicted molar refractivity (Wildman–Crippen MR) is 151 cm³/mol. The van der Waals surface area contributed by atoms with Gasteiger partial charge in [-0.3, -0.25) is 4.79 Å². The molecule has 1 heterocycles. The van der Waals surface area contributed by atoms with E-state index in [1.165, 1.54) is 0 Å². The van der Waals surface area contributed by atoms with Crippen LogP contribution in [0.3, 0.4) is 0 Å². The summed E-state index contributed by atoms with van der Waals surface area (Å²) in [5, 5.41) is 18.7. The van der Waals surface area contributed by atoms with Crippen molar-refractivity contribution < 1.29 is 38.7 Å². The quantitative estimate of drug-likeness (QED) is 0.137. The van der Waals surface area contributed by atoms with E-state index >= 15 is 0 Å². The van der Waals surface area contributed by atoms with Crippen LogP contribution >= 0.6 is 11.6 Å². The van der Waals surface area contributed by atoms with Crippen LogP contribution in [-0.4, -0.2) is 54.9 Å². The SMILES string of the molecule is O=C(O)CCCN1CC(OC(=O)O)Oc2c(/C=C/c3ccc(OCCCOc4ccccc4Cl)cc3)cccc21. The van der Waals surface area contributed by atoms with Gasteiger partial charge in [-0.15, -0.1) is 0 Å². The maximum absolute atomic E-state index is 11.1. The second-order valence-electron chi connectivity index (χ2n) is 8.95. The molecule has 0 spiro atoms. The molecular formula is C30H30ClNO8. The van der Waals surface area contributed by atoms with Gasteiger partial charge in [0.15, 0.2) is 5.75 Å². The Labute approximate surface area is 237 Å². The summed E-state index contributed by atoms with van der Waals surface area (Å²) in [6, 6.07) is 20.5. The summed E-state index contributed by atoms with van der Waals surface area (Å²) < 4.78 is 22.3. The van der Waals surface area contributed by atoms with Crippen LogP contribution in [0.1, 0.15) is 30.4 Å². The minimum atomic E-state index is -1.44. The predicted octanol–water partition coefficient (Wildman–Crippen LogP) is 6.44. The molecule has 210 valence electrons. The highest BCUT2D eigenvalue weighted by Crippen LogP contribution is 2.38. The van der Waals surface area contributed by atoms with E-state index in [0.717, 1.165) is 22.6 Å². The number of carboxylic acid groups (broad SMARTS) is 2. The molecule has 3 aromatic carbocycles. The summed E-state index contributed by atoms with van der Waals surface area (Å²) in [6.07, 6.45) is 2.42. The lowest BCUT2D eigenvalue weighted by molar-refractivity contribution is -0.137. The first-order valence-electron chi connectivity index (χ1n) is 12.8. The molecule has 0 bridgehead atoms. The van der Waals surface area contributed by atoms with Gasteiger partial charge in [-0.1, -0.05) is 60.2 Å². The van der Waals surface area contributed by atoms with E-state index in [4.69, 9.17) is 40.8 Å². The van der Waals surface area contributed by atoms with E-state index in [1.54, 1.807) is 6.07 Å². The number of fused-ring (bicyclic) bond motifs is 1. The van der Waals surface area contributed by atoms with Gasteiger partial charge >= 0.3 is 12.1 Å². The smallest absolute Gasteiger partial charge is 0.493 e. The van der Waals surface area contributed by atoms with Crippen molar-refractivity contribution in [2.45, 2.75) is 25.6 Å². The van der Waals surface area contributed by atoms with Crippen LogP contribution in [0.4, 0.5) is 10.5 Å². The zero-order valence-electron chi connectivity index (χ0n) is 21.7. The average Bonchev–Trinajstić information content (AvgIpc) is 2.93. The second-order valence-corrected chi connectivity index (χ2v) is 9.36. The molecule has 2 N–H and O–H groups in total. The van der Waals surface area contributed by atoms with Crippen molar-refractivity contribution in [1.29, 1.82) is 0 Å². The van der Waals surface area contributed by atoms with E-state index in [-0.39, 0.29) is 13.0 Å². The minimum Gasteiger partial charge on any atom is -0.493 e. The Hall–Kier alpha value is -4.37. The number of hydrogen-bond donors (Lipinski definition) is 2. The molecule has 40 heavy (non-hydrogen) atoms. The molecule has 0 amide bonds. The van der Waals surface area contributed by atoms with Crippen LogP contribution in [0.5, 0.6) is 17.2 Å². The van der Waals surface area contributed by atoms with Crippen molar-refractivity contribution in [2.24, 2.45) is 0 Å². The van der Waals surface area contributed by atoms with E-state index < -0.39 is 18.4 Å². The third-order valence-corrected chi connectivity index (χ3v) is 6.33. The van der Waals surface area contributed by atoms with Crippen LogP contribution in [0.15, 0.2) is 66.7 Å². The number of benzene rings is 3. The summed E-state index contributed by atoms with van der Waals surface area (Å²) >= 11 is 6.09. The van der Waals surface area contributed by atoms with Gasteiger partial charge in [0.05, 0.1) is 30.5 Å². The Balaban J connectivity index is 1.35. The van der Waals surface area contributed by atoms with Crippen molar-refractivity contribution >= 4 is 41.6 Å². The topological polar surface area (TPSA) is 115 Å². The van der Waals surface area contributed by atoms with Gasteiger partial charge < -0.3 is 34.1 Å². The maximum atomic E-state index is 11.1. The molecule has 0 saturated carbocycles. The maximum Gasteiger partial charge on any atom is 0.508 e. The number of hydrogen-bond acceptors (Lipinski definition) is 7. The Morgan fingerprint density at radius 2 is 1.73 bits per heavy atom. The minimum absolute atomic E-state index is 0.00673. The third kappa shape index (κ3) is 8.31. The molecule has 4 rings (SSSR count). The number of para-hydroxylation sites is 2. The number of nitrogens with zero attached hydrogens (tertiary/aromatic N) is 1. The largest absolute Gasteiger partial charge is 0.508 e. The number of rotatable bonds is 13. The third-order valence-electron chi connectivity index (χ3n) is 6.02. The molecule has 0 aliphatic carbocycles. The summed E-state index contributed by atoms with van der Waals surface area (Å²) in [6.45, 7) is 1.57. The molecule has 9 nitrogen and oxygen atoms in total. The Kier molecular flexibility index (Phi) is 10.1. The van der Waals surface area contributed by atoms with Gasteiger partial charge in [-0.25, -0.2) is 4.79 Å². The van der Waals surface area contributed by atoms with Gasteiger partial charge in [0.25, 0.3) is 6.29 Å². The van der Waals surface area contributed by atoms with Gasteiger partial charge in [0.2, 0.25) is 0 Å². The van der Waals surface area contributed by atoms with Crippen LogP contribution in [0, 0.1) is 0 Å². The Morgan fingerprint density at radius 3 is 2.48 bits per heavy atom. The van der Waals surface area contributed by atoms with Crippen molar-refractivity contribution in [1.82, 2.24) is 0 Å². The zero-order chi connectivity index (χ0) is 28.3. The molecule has 1 atom stereocenters. The van der Waals surface area contributed by atoms with Crippen LogP contribution < -0.4 is 19.1 Å². The van der Waals surface area contributed by atoms with Crippen molar-refractivity contribution in [3.05, 3.63) is 82.9 Å². The number of aliphatic carboxylic acids is 1. The first kappa shape index (κ1) is 28.6. The number of halogens is 1. The van der Waals surface area contributed by atoms with E-state index in [0.29, 0.717) is 49.1 Å². The number of carboxylic acids is 1. The number of carbonyl (C=O) groups is 2. The summed E-state index contributed by atoms with van der Waals surface area (Å²) in [5.74, 6) is 0.982. The van der Waals surface area contributed by atoms with Crippen LogP contribution in [0.25, 0.3) is 12.2 Å². The Bertz CT molecular complexity index is 1330. The normalized spacial score (nSPS) is 14.3. The molecule has 0 radical (unpaired) electrons. The summed E-state index contributed by atoms with van der Waals surface area (Å²) in [7, 11) is 0. The van der Waals surface area contributed by atoms with Gasteiger partial charge in [0.1, 0.15) is 11.5 Å². The lowest BCUT2D eigenvalue weighted by Crippen LogP contribution is -2.43. The van der Waals surface area contributed by atoms with Gasteiger partial charge in [0, 0.05) is 24.9 Å². The molecule has 0 fully saturated rings. The molecular weight excluding hydrogens is 538 g/mol. The molecule has 10 heteroatoms. The zero-order valence-corrected chi connectivity index (χ0v) is 22.5. The average molecular weight is 568 g/mol. The van der Waals surface area contributed by atoms with E-state index in [9.17, 15) is 9.59 Å². The lowest BCUT2D eigenvalue weighted by atomic mass is 10.1. The fourth-order valence-electron chi connectivity index (χ4n) is 4.16. The number of ether oxygens (including phenoxy) is 4. The lowest BCUT2D eigenvalue weighted by Gasteiger charge is -2.35. The summed E-state index contributed by atoms with van der Waals surface area (Å²) in [4.78, 5) is 24.0. The van der Waals surface area contributed by atoms with Crippen molar-refractivity contribution in [3.63, 3.8) is 0 Å². The van der Waals surface area contributed by atoms with Crippen molar-refractivity contribution in [2.75, 3.05) is 31.2 Å². The van der Waals surface area contributed by atoms with E-state index in [1.807, 2.05) is 77.7 Å². The first-order valence-corrected chi connectivity index (χ1v) is 13.2. The monoisotopic (exact) mass is 567 g/mol. The van der Waals surface area contributed by atoms with Crippen LogP contribution in [0.2, 0.25) is 5.02 Å². The molecule has 0 saturated heterocycles. The molecule has 1 aliphatic heterocycles. The fourth-order valence-corrected chi connectivity index (χ4v) is 4.35. The molecule has 1 unspecified atom stereocenters. The highest BCUT2D eigenvalue weighted by Gasteiger charge is 2.29. The van der Waals surface area contributed by atoms with Gasteiger partial charge in [-0.05, 0) is 42.3 Å². The number of anilines is 1.